The van der Waals surface area contributed by atoms with E-state index in [1.54, 1.807) is 17.9 Å². The molecule has 0 radical (unpaired) electrons. The minimum Gasteiger partial charge on any atom is -0.388 e. The van der Waals surface area contributed by atoms with Crippen LogP contribution in [0.3, 0.4) is 0 Å². The average molecular weight is 358 g/mol. The van der Waals surface area contributed by atoms with E-state index in [0.717, 1.165) is 25.2 Å². The zero-order valence-electron chi connectivity index (χ0n) is 13.1. The second-order valence-electron chi connectivity index (χ2n) is 6.65. The maximum atomic E-state index is 12.3. The Morgan fingerprint density at radius 3 is 2.83 bits per heavy atom. The summed E-state index contributed by atoms with van der Waals surface area (Å²) in [7, 11) is 0. The highest BCUT2D eigenvalue weighted by Gasteiger charge is 2.35. The third-order valence-electron chi connectivity index (χ3n) is 4.51. The van der Waals surface area contributed by atoms with E-state index in [4.69, 9.17) is 23.2 Å². The second kappa shape index (κ2) is 6.38. The summed E-state index contributed by atoms with van der Waals surface area (Å²) in [4.78, 5) is 16.1. The molecule has 5 nitrogen and oxygen atoms in total. The molecule has 2 heterocycles. The Morgan fingerprint density at radius 2 is 2.17 bits per heavy atom. The van der Waals surface area contributed by atoms with Crippen molar-refractivity contribution < 1.29 is 9.90 Å². The summed E-state index contributed by atoms with van der Waals surface area (Å²) < 4.78 is 0. The summed E-state index contributed by atoms with van der Waals surface area (Å²) in [6.07, 6.45) is 1.49. The van der Waals surface area contributed by atoms with Crippen LogP contribution in [-0.4, -0.2) is 53.9 Å². The Morgan fingerprint density at radius 1 is 1.39 bits per heavy atom. The van der Waals surface area contributed by atoms with Crippen molar-refractivity contribution in [2.75, 3.05) is 31.1 Å². The summed E-state index contributed by atoms with van der Waals surface area (Å²) >= 11 is 12.2. The van der Waals surface area contributed by atoms with Crippen LogP contribution in [0, 0.1) is 0 Å². The summed E-state index contributed by atoms with van der Waals surface area (Å²) in [6, 6.07) is 5.45. The van der Waals surface area contributed by atoms with Crippen LogP contribution in [0.2, 0.25) is 10.0 Å². The molecule has 2 N–H and O–H groups in total. The Bertz CT molecular complexity index is 609. The van der Waals surface area contributed by atoms with Gasteiger partial charge in [0.1, 0.15) is 0 Å². The first-order valence-corrected chi connectivity index (χ1v) is 8.57. The smallest absolute Gasteiger partial charge is 0.317 e. The molecule has 3 rings (SSSR count). The lowest BCUT2D eigenvalue weighted by molar-refractivity contribution is 0.0717. The number of anilines is 1. The monoisotopic (exact) mass is 357 g/mol. The van der Waals surface area contributed by atoms with Crippen LogP contribution in [-0.2, 0) is 0 Å². The van der Waals surface area contributed by atoms with Gasteiger partial charge in [-0.2, -0.15) is 0 Å². The molecule has 2 unspecified atom stereocenters. The zero-order chi connectivity index (χ0) is 16.6. The van der Waals surface area contributed by atoms with E-state index in [-0.39, 0.29) is 12.1 Å². The van der Waals surface area contributed by atoms with Gasteiger partial charge in [0.05, 0.1) is 22.9 Å². The van der Waals surface area contributed by atoms with Gasteiger partial charge in [0.2, 0.25) is 0 Å². The molecule has 2 amide bonds. The van der Waals surface area contributed by atoms with Gasteiger partial charge in [0, 0.05) is 30.7 Å². The third-order valence-corrected chi connectivity index (χ3v) is 5.04. The van der Waals surface area contributed by atoms with E-state index in [1.807, 2.05) is 12.1 Å². The van der Waals surface area contributed by atoms with Crippen LogP contribution < -0.4 is 10.2 Å². The molecule has 2 aliphatic rings. The number of aliphatic hydroxyl groups is 1. The number of β-amino-alcohol motifs (C(OH)–C–C–N with tert-alkyl or cyclic N) is 1. The first-order chi connectivity index (χ1) is 10.8. The fourth-order valence-corrected chi connectivity index (χ4v) is 3.75. The number of hydrogen-bond donors (Lipinski definition) is 2. The summed E-state index contributed by atoms with van der Waals surface area (Å²) in [5, 5.41) is 14.3. The molecule has 1 aromatic carbocycles. The molecule has 126 valence electrons. The first kappa shape index (κ1) is 16.7. The van der Waals surface area contributed by atoms with Crippen LogP contribution in [0.15, 0.2) is 18.2 Å². The lowest BCUT2D eigenvalue weighted by Crippen LogP contribution is -2.46. The molecule has 2 fully saturated rings. The molecule has 1 aromatic rings. The quantitative estimate of drug-likeness (QED) is 0.855. The van der Waals surface area contributed by atoms with Crippen molar-refractivity contribution in [2.45, 2.75) is 31.4 Å². The fraction of sp³-hybridized carbons (Fsp3) is 0.562. The van der Waals surface area contributed by atoms with Gasteiger partial charge >= 0.3 is 6.03 Å². The largest absolute Gasteiger partial charge is 0.388 e. The Balaban J connectivity index is 1.57. The highest BCUT2D eigenvalue weighted by molar-refractivity contribution is 6.36. The van der Waals surface area contributed by atoms with Crippen LogP contribution in [0.1, 0.15) is 19.8 Å². The van der Waals surface area contributed by atoms with Crippen LogP contribution in [0.5, 0.6) is 0 Å². The molecule has 7 heteroatoms. The fourth-order valence-electron chi connectivity index (χ4n) is 3.22. The van der Waals surface area contributed by atoms with Crippen molar-refractivity contribution >= 4 is 34.9 Å². The SMILES string of the molecule is CC1(O)CCN(C(=O)NC2CCN(c3ccc(Cl)cc3Cl)C2)C1. The third kappa shape index (κ3) is 3.84. The molecule has 2 atom stereocenters. The maximum absolute atomic E-state index is 12.3. The van der Waals surface area contributed by atoms with Gasteiger partial charge in [-0.15, -0.1) is 0 Å². The number of nitrogens with zero attached hydrogens (tertiary/aromatic N) is 2. The van der Waals surface area contributed by atoms with Crippen molar-refractivity contribution in [1.82, 2.24) is 10.2 Å². The molecule has 2 aliphatic heterocycles. The van der Waals surface area contributed by atoms with Crippen LogP contribution in [0.25, 0.3) is 0 Å². The number of rotatable bonds is 2. The van der Waals surface area contributed by atoms with Gasteiger partial charge in [-0.25, -0.2) is 4.79 Å². The second-order valence-corrected chi connectivity index (χ2v) is 7.49. The van der Waals surface area contributed by atoms with Crippen LogP contribution >= 0.6 is 23.2 Å². The number of nitrogens with one attached hydrogen (secondary N) is 1. The van der Waals surface area contributed by atoms with Crippen molar-refractivity contribution in [3.63, 3.8) is 0 Å². The van der Waals surface area contributed by atoms with Gasteiger partial charge in [-0.05, 0) is 38.0 Å². The number of carbonyl (C=O) groups is 1. The lowest BCUT2D eigenvalue weighted by atomic mass is 10.1. The van der Waals surface area contributed by atoms with E-state index in [0.29, 0.717) is 29.6 Å². The van der Waals surface area contributed by atoms with E-state index >= 15 is 0 Å². The number of halogens is 2. The normalized spacial score (nSPS) is 27.6. The predicted molar refractivity (Wildman–Crippen MR) is 92.4 cm³/mol. The number of amides is 2. The molecule has 0 spiro atoms. The number of carbonyl (C=O) groups excluding carboxylic acids is 1. The number of likely N-dealkylation sites (tertiary alicyclic amines) is 1. The lowest BCUT2D eigenvalue weighted by Gasteiger charge is -2.23. The maximum Gasteiger partial charge on any atom is 0.317 e. The highest BCUT2D eigenvalue weighted by atomic mass is 35.5. The molecule has 0 aromatic heterocycles. The predicted octanol–water partition coefficient (Wildman–Crippen LogP) is 2.74. The minimum atomic E-state index is -0.768. The van der Waals surface area contributed by atoms with Gasteiger partial charge in [0.25, 0.3) is 0 Å². The Hall–Kier alpha value is -1.17. The number of urea groups is 1. The minimum absolute atomic E-state index is 0.0831. The van der Waals surface area contributed by atoms with Crippen molar-refractivity contribution in [2.24, 2.45) is 0 Å². The van der Waals surface area contributed by atoms with Gasteiger partial charge in [-0.3, -0.25) is 0 Å². The highest BCUT2D eigenvalue weighted by Crippen LogP contribution is 2.31. The van der Waals surface area contributed by atoms with Gasteiger partial charge in [0.15, 0.2) is 0 Å². The molecular weight excluding hydrogens is 337 g/mol. The van der Waals surface area contributed by atoms with Crippen molar-refractivity contribution in [1.29, 1.82) is 0 Å². The summed E-state index contributed by atoms with van der Waals surface area (Å²) in [5.41, 5.74) is 0.174. The van der Waals surface area contributed by atoms with E-state index < -0.39 is 5.60 Å². The summed E-state index contributed by atoms with van der Waals surface area (Å²) in [5.74, 6) is 0. The number of benzene rings is 1. The zero-order valence-corrected chi connectivity index (χ0v) is 14.6. The average Bonchev–Trinajstić information content (AvgIpc) is 3.05. The molecule has 2 saturated heterocycles. The topological polar surface area (TPSA) is 55.8 Å². The molecule has 23 heavy (non-hydrogen) atoms. The van der Waals surface area contributed by atoms with Crippen LogP contribution in [0.4, 0.5) is 10.5 Å². The van der Waals surface area contributed by atoms with Gasteiger partial charge < -0.3 is 20.2 Å². The molecule has 0 bridgehead atoms. The van der Waals surface area contributed by atoms with E-state index in [1.165, 1.54) is 0 Å². The van der Waals surface area contributed by atoms with E-state index in [9.17, 15) is 9.90 Å². The molecular formula is C16H21Cl2N3O2. The Kier molecular flexibility index (Phi) is 4.63. The summed E-state index contributed by atoms with van der Waals surface area (Å²) in [6.45, 7) is 4.30. The van der Waals surface area contributed by atoms with Crippen molar-refractivity contribution in [3.05, 3.63) is 28.2 Å². The molecule has 0 saturated carbocycles. The number of hydrogen-bond acceptors (Lipinski definition) is 3. The standard InChI is InChI=1S/C16H21Cl2N3O2/c1-16(23)5-7-21(10-16)15(22)19-12-4-6-20(9-12)14-3-2-11(17)8-13(14)18/h2-3,8,12,23H,4-7,9-10H2,1H3,(H,19,22). The Labute approximate surface area is 146 Å². The molecule has 0 aliphatic carbocycles. The first-order valence-electron chi connectivity index (χ1n) is 7.82. The van der Waals surface area contributed by atoms with Crippen molar-refractivity contribution in [3.8, 4) is 0 Å². The van der Waals surface area contributed by atoms with E-state index in [2.05, 4.69) is 10.2 Å². The van der Waals surface area contributed by atoms with Gasteiger partial charge in [-0.1, -0.05) is 23.2 Å².